The van der Waals surface area contributed by atoms with E-state index in [0.717, 1.165) is 33.3 Å². The van der Waals surface area contributed by atoms with E-state index in [-0.39, 0.29) is 18.3 Å². The Morgan fingerprint density at radius 2 is 1.58 bits per heavy atom. The molecular formula is C27H25ClN2O5S. The first-order valence-electron chi connectivity index (χ1n) is 11.8. The summed E-state index contributed by atoms with van der Waals surface area (Å²) in [5, 5.41) is 0.597. The molecule has 2 aliphatic heterocycles. The number of imidazole rings is 1. The number of hydrogen-bond acceptors (Lipinski definition) is 6. The van der Waals surface area contributed by atoms with Gasteiger partial charge in [0.15, 0.2) is 15.9 Å². The summed E-state index contributed by atoms with van der Waals surface area (Å²) in [5.74, 6) is 0.360. The van der Waals surface area contributed by atoms with Gasteiger partial charge in [0, 0.05) is 17.7 Å². The van der Waals surface area contributed by atoms with Crippen LogP contribution in [0.5, 0.6) is 6.01 Å². The van der Waals surface area contributed by atoms with Crippen molar-refractivity contribution >= 4 is 32.5 Å². The molecule has 6 rings (SSSR count). The average Bonchev–Trinajstić information content (AvgIpc) is 3.55. The zero-order valence-corrected chi connectivity index (χ0v) is 21.3. The van der Waals surface area contributed by atoms with Gasteiger partial charge in [-0.25, -0.2) is 8.42 Å². The zero-order chi connectivity index (χ0) is 25.0. The number of nitrogens with zero attached hydrogens (tertiary/aromatic N) is 1. The Kier molecular flexibility index (Phi) is 5.80. The fraction of sp³-hybridized carbons (Fsp3) is 0.296. The first kappa shape index (κ1) is 23.5. The van der Waals surface area contributed by atoms with E-state index in [1.54, 1.807) is 12.1 Å². The number of nitrogens with one attached hydrogen (secondary N) is 1. The number of aromatic nitrogens is 2. The van der Waals surface area contributed by atoms with Crippen LogP contribution in [-0.2, 0) is 19.3 Å². The number of H-pyrrole nitrogens is 1. The van der Waals surface area contributed by atoms with E-state index in [1.165, 1.54) is 6.26 Å². The molecule has 0 spiro atoms. The van der Waals surface area contributed by atoms with Crippen molar-refractivity contribution in [3.05, 3.63) is 65.7 Å². The highest BCUT2D eigenvalue weighted by atomic mass is 35.5. The molecule has 0 bridgehead atoms. The summed E-state index contributed by atoms with van der Waals surface area (Å²) in [7, 11) is -3.22. The average molecular weight is 525 g/mol. The van der Waals surface area contributed by atoms with Gasteiger partial charge < -0.3 is 19.2 Å². The van der Waals surface area contributed by atoms with E-state index in [9.17, 15) is 8.42 Å². The first-order chi connectivity index (χ1) is 17.3. The fourth-order valence-corrected chi connectivity index (χ4v) is 5.82. The largest absolute Gasteiger partial charge is 0.456 e. The molecule has 1 N–H and O–H groups in total. The first-order valence-corrected chi connectivity index (χ1v) is 14.0. The maximum atomic E-state index is 11.7. The predicted octanol–water partition coefficient (Wildman–Crippen LogP) is 5.13. The lowest BCUT2D eigenvalue weighted by molar-refractivity contribution is 0.0262. The van der Waals surface area contributed by atoms with Crippen LogP contribution in [0.15, 0.2) is 65.6 Å². The number of aromatic amines is 1. The molecule has 4 atom stereocenters. The van der Waals surface area contributed by atoms with Crippen molar-refractivity contribution in [2.24, 2.45) is 5.92 Å². The Morgan fingerprint density at radius 3 is 2.28 bits per heavy atom. The number of halogens is 1. The predicted molar refractivity (Wildman–Crippen MR) is 138 cm³/mol. The second-order valence-electron chi connectivity index (χ2n) is 9.49. The van der Waals surface area contributed by atoms with Crippen LogP contribution in [0.2, 0.25) is 5.02 Å². The lowest BCUT2D eigenvalue weighted by Crippen LogP contribution is -2.33. The molecule has 2 fully saturated rings. The molecule has 0 aliphatic carbocycles. The van der Waals surface area contributed by atoms with Gasteiger partial charge in [-0.05, 0) is 41.0 Å². The van der Waals surface area contributed by atoms with Crippen LogP contribution in [-0.4, -0.2) is 56.2 Å². The zero-order valence-electron chi connectivity index (χ0n) is 19.8. The van der Waals surface area contributed by atoms with Gasteiger partial charge in [-0.3, -0.25) is 0 Å². The van der Waals surface area contributed by atoms with Crippen LogP contribution in [0.3, 0.4) is 0 Å². The molecule has 1 aromatic heterocycles. The number of sulfone groups is 1. The van der Waals surface area contributed by atoms with Crippen molar-refractivity contribution in [2.45, 2.75) is 30.1 Å². The van der Waals surface area contributed by atoms with Crippen molar-refractivity contribution in [3.63, 3.8) is 0 Å². The van der Waals surface area contributed by atoms with Gasteiger partial charge in [-0.15, -0.1) is 0 Å². The van der Waals surface area contributed by atoms with Crippen molar-refractivity contribution in [2.75, 3.05) is 19.5 Å². The summed E-state index contributed by atoms with van der Waals surface area (Å²) in [6.45, 7) is 3.28. The van der Waals surface area contributed by atoms with Gasteiger partial charge in [-0.2, -0.15) is 4.98 Å². The van der Waals surface area contributed by atoms with Crippen LogP contribution in [0, 0.1) is 5.92 Å². The van der Waals surface area contributed by atoms with Crippen LogP contribution < -0.4 is 4.74 Å². The Balaban J connectivity index is 1.23. The Morgan fingerprint density at radius 1 is 0.944 bits per heavy atom. The molecule has 36 heavy (non-hydrogen) atoms. The SMILES string of the molecule is C[C@@H]1CO[C@H]2[C@@H]1OC[C@H]2Oc1nc2cc(-c3ccc(-c4ccc(S(C)(=O)=O)cc4)cc3)c(Cl)cc2[nH]1. The normalized spacial score (nSPS) is 23.8. The van der Waals surface area contributed by atoms with Gasteiger partial charge in [0.1, 0.15) is 6.10 Å². The van der Waals surface area contributed by atoms with E-state index in [1.807, 2.05) is 48.5 Å². The minimum absolute atomic E-state index is 0.0704. The smallest absolute Gasteiger partial charge is 0.295 e. The fourth-order valence-electron chi connectivity index (χ4n) is 4.92. The van der Waals surface area contributed by atoms with Crippen LogP contribution >= 0.6 is 11.6 Å². The molecule has 2 saturated heterocycles. The van der Waals surface area contributed by atoms with E-state index in [4.69, 9.17) is 25.8 Å². The highest BCUT2D eigenvalue weighted by molar-refractivity contribution is 7.90. The molecule has 0 amide bonds. The van der Waals surface area contributed by atoms with Gasteiger partial charge in [0.05, 0.1) is 40.3 Å². The van der Waals surface area contributed by atoms with Gasteiger partial charge in [0.2, 0.25) is 0 Å². The summed E-state index contributed by atoms with van der Waals surface area (Å²) in [4.78, 5) is 8.14. The molecule has 0 unspecified atom stereocenters. The van der Waals surface area contributed by atoms with E-state index >= 15 is 0 Å². The Hall–Kier alpha value is -2.91. The maximum Gasteiger partial charge on any atom is 0.295 e. The van der Waals surface area contributed by atoms with Crippen molar-refractivity contribution in [3.8, 4) is 28.3 Å². The molecule has 3 heterocycles. The second kappa shape index (κ2) is 8.88. The number of benzene rings is 3. The van der Waals surface area contributed by atoms with Gasteiger partial charge in [0.25, 0.3) is 6.01 Å². The van der Waals surface area contributed by atoms with E-state index < -0.39 is 9.84 Å². The van der Waals surface area contributed by atoms with E-state index in [0.29, 0.717) is 35.1 Å². The van der Waals surface area contributed by atoms with E-state index in [2.05, 4.69) is 16.9 Å². The van der Waals surface area contributed by atoms with Gasteiger partial charge in [-0.1, -0.05) is 54.9 Å². The van der Waals surface area contributed by atoms with Gasteiger partial charge >= 0.3 is 0 Å². The third-order valence-electron chi connectivity index (χ3n) is 6.88. The monoisotopic (exact) mass is 524 g/mol. The second-order valence-corrected chi connectivity index (χ2v) is 11.9. The van der Waals surface area contributed by atoms with Crippen LogP contribution in [0.25, 0.3) is 33.3 Å². The summed E-state index contributed by atoms with van der Waals surface area (Å²) >= 11 is 6.64. The third-order valence-corrected chi connectivity index (χ3v) is 8.32. The Bertz CT molecular complexity index is 1530. The molecule has 186 valence electrons. The molecule has 3 aromatic carbocycles. The molecule has 2 aliphatic rings. The quantitative estimate of drug-likeness (QED) is 0.389. The molecule has 0 radical (unpaired) electrons. The van der Waals surface area contributed by atoms with Crippen molar-refractivity contribution in [1.82, 2.24) is 9.97 Å². The third kappa shape index (κ3) is 4.28. The van der Waals surface area contributed by atoms with Crippen molar-refractivity contribution in [1.29, 1.82) is 0 Å². The summed E-state index contributed by atoms with van der Waals surface area (Å²) in [6.07, 6.45) is 0.998. The minimum Gasteiger partial charge on any atom is -0.456 e. The lowest BCUT2D eigenvalue weighted by Gasteiger charge is -2.15. The Labute approximate surface area is 214 Å². The number of rotatable bonds is 5. The molecule has 4 aromatic rings. The van der Waals surface area contributed by atoms with Crippen LogP contribution in [0.4, 0.5) is 0 Å². The summed E-state index contributed by atoms with van der Waals surface area (Å²) in [5.41, 5.74) is 5.26. The highest BCUT2D eigenvalue weighted by Crippen LogP contribution is 2.35. The molecule has 7 nitrogen and oxygen atoms in total. The number of ether oxygens (including phenoxy) is 3. The molecule has 9 heteroatoms. The lowest BCUT2D eigenvalue weighted by atomic mass is 10.00. The molecule has 0 saturated carbocycles. The standard InChI is InChI=1S/C27H25ClN2O5S/c1-15-13-33-26-24(14-34-25(15)26)35-27-29-22-11-20(21(28)12-23(22)30-27)18-5-3-16(4-6-18)17-7-9-19(10-8-17)36(2,31)32/h3-12,15,24-26H,13-14H2,1-2H3,(H,29,30)/t15-,24-,25-,26-/m1/s1. The molecular weight excluding hydrogens is 500 g/mol. The number of fused-ring (bicyclic) bond motifs is 2. The van der Waals surface area contributed by atoms with Crippen molar-refractivity contribution < 1.29 is 22.6 Å². The topological polar surface area (TPSA) is 90.5 Å². The summed E-state index contributed by atoms with van der Waals surface area (Å²) < 4.78 is 41.3. The number of hydrogen-bond donors (Lipinski definition) is 1. The minimum atomic E-state index is -3.22. The highest BCUT2D eigenvalue weighted by Gasteiger charge is 2.47. The van der Waals surface area contributed by atoms with Crippen LogP contribution in [0.1, 0.15) is 6.92 Å². The summed E-state index contributed by atoms with van der Waals surface area (Å²) in [6, 6.07) is 19.0. The maximum absolute atomic E-state index is 11.7.